The van der Waals surface area contributed by atoms with Crippen LogP contribution in [0.15, 0.2) is 0 Å². The minimum Gasteiger partial charge on any atom is -0.464 e. The second kappa shape index (κ2) is 6.17. The lowest BCUT2D eigenvalue weighted by atomic mass is 9.83. The standard InChI is InChI=1S/C14H23N3O2/c1-4-10-8-6-7-9-12(10)17-11(5-2)13(15-16-17)14(18)19-3/h10,12H,4-9H2,1-3H3. The van der Waals surface area contributed by atoms with Gasteiger partial charge in [0, 0.05) is 0 Å². The summed E-state index contributed by atoms with van der Waals surface area (Å²) in [5, 5.41) is 8.28. The maximum Gasteiger partial charge on any atom is 0.360 e. The first-order chi connectivity index (χ1) is 9.22. The zero-order valence-corrected chi connectivity index (χ0v) is 12.1. The smallest absolute Gasteiger partial charge is 0.360 e. The molecule has 0 saturated heterocycles. The van der Waals surface area contributed by atoms with E-state index in [1.807, 2.05) is 11.6 Å². The molecule has 1 fully saturated rings. The van der Waals surface area contributed by atoms with E-state index in [-0.39, 0.29) is 5.97 Å². The largest absolute Gasteiger partial charge is 0.464 e. The van der Waals surface area contributed by atoms with Gasteiger partial charge in [0.2, 0.25) is 0 Å². The molecule has 0 aromatic carbocycles. The number of nitrogens with zero attached hydrogens (tertiary/aromatic N) is 3. The second-order valence-electron chi connectivity index (χ2n) is 5.19. The number of methoxy groups -OCH3 is 1. The molecule has 1 aliphatic carbocycles. The first-order valence-corrected chi connectivity index (χ1v) is 7.25. The first kappa shape index (κ1) is 14.0. The minimum atomic E-state index is -0.382. The molecule has 5 heteroatoms. The summed E-state index contributed by atoms with van der Waals surface area (Å²) in [6, 6.07) is 0.389. The highest BCUT2D eigenvalue weighted by molar-refractivity contribution is 5.88. The van der Waals surface area contributed by atoms with E-state index < -0.39 is 0 Å². The molecule has 0 bridgehead atoms. The average Bonchev–Trinajstić information content (AvgIpc) is 2.89. The highest BCUT2D eigenvalue weighted by Crippen LogP contribution is 2.36. The Labute approximate surface area is 114 Å². The summed E-state index contributed by atoms with van der Waals surface area (Å²) >= 11 is 0. The van der Waals surface area contributed by atoms with Crippen molar-refractivity contribution in [1.29, 1.82) is 0 Å². The molecule has 1 aromatic heterocycles. The van der Waals surface area contributed by atoms with Crippen molar-refractivity contribution in [3.8, 4) is 0 Å². The van der Waals surface area contributed by atoms with E-state index in [0.717, 1.165) is 25.0 Å². The van der Waals surface area contributed by atoms with E-state index in [1.165, 1.54) is 26.4 Å². The van der Waals surface area contributed by atoms with Gasteiger partial charge in [0.05, 0.1) is 18.8 Å². The Balaban J connectivity index is 2.33. The molecule has 0 aliphatic heterocycles. The molecule has 19 heavy (non-hydrogen) atoms. The maximum atomic E-state index is 11.7. The van der Waals surface area contributed by atoms with Crippen LogP contribution in [-0.4, -0.2) is 28.1 Å². The van der Waals surface area contributed by atoms with Crippen molar-refractivity contribution in [1.82, 2.24) is 15.0 Å². The van der Waals surface area contributed by atoms with Crippen LogP contribution < -0.4 is 0 Å². The lowest BCUT2D eigenvalue weighted by Crippen LogP contribution is -2.25. The summed E-state index contributed by atoms with van der Waals surface area (Å²) in [6.07, 6.45) is 6.82. The van der Waals surface area contributed by atoms with Gasteiger partial charge in [0.15, 0.2) is 5.69 Å². The van der Waals surface area contributed by atoms with Crippen LogP contribution in [0, 0.1) is 5.92 Å². The SMILES string of the molecule is CCc1c(C(=O)OC)nnn1C1CCCCC1CC. The lowest BCUT2D eigenvalue weighted by Gasteiger charge is -2.31. The average molecular weight is 265 g/mol. The Bertz CT molecular complexity index is 442. The second-order valence-corrected chi connectivity index (χ2v) is 5.19. The maximum absolute atomic E-state index is 11.7. The molecule has 1 aliphatic rings. The molecule has 0 N–H and O–H groups in total. The van der Waals surface area contributed by atoms with Crippen LogP contribution in [0.5, 0.6) is 0 Å². The molecule has 5 nitrogen and oxygen atoms in total. The van der Waals surface area contributed by atoms with E-state index in [9.17, 15) is 4.79 Å². The number of rotatable bonds is 4. The monoisotopic (exact) mass is 265 g/mol. The number of carbonyl (C=O) groups excluding carboxylic acids is 1. The zero-order chi connectivity index (χ0) is 13.8. The topological polar surface area (TPSA) is 57.0 Å². The predicted octanol–water partition coefficient (Wildman–Crippen LogP) is 2.77. The number of hydrogen-bond donors (Lipinski definition) is 0. The molecule has 2 atom stereocenters. The first-order valence-electron chi connectivity index (χ1n) is 7.25. The Morgan fingerprint density at radius 3 is 2.74 bits per heavy atom. The highest BCUT2D eigenvalue weighted by Gasteiger charge is 2.30. The van der Waals surface area contributed by atoms with E-state index >= 15 is 0 Å². The quantitative estimate of drug-likeness (QED) is 0.785. The van der Waals surface area contributed by atoms with Crippen molar-refractivity contribution in [3.63, 3.8) is 0 Å². The summed E-state index contributed by atoms with van der Waals surface area (Å²) < 4.78 is 6.76. The fourth-order valence-electron chi connectivity index (χ4n) is 3.15. The van der Waals surface area contributed by atoms with Gasteiger partial charge < -0.3 is 4.74 Å². The summed E-state index contributed by atoms with van der Waals surface area (Å²) in [7, 11) is 1.39. The van der Waals surface area contributed by atoms with Crippen LogP contribution in [0.3, 0.4) is 0 Å². The van der Waals surface area contributed by atoms with Crippen molar-refractivity contribution in [2.24, 2.45) is 5.92 Å². The molecule has 0 spiro atoms. The van der Waals surface area contributed by atoms with Crippen molar-refractivity contribution in [2.75, 3.05) is 7.11 Å². The van der Waals surface area contributed by atoms with E-state index in [1.54, 1.807) is 0 Å². The molecule has 1 aromatic rings. The van der Waals surface area contributed by atoms with Crippen LogP contribution in [0.25, 0.3) is 0 Å². The Kier molecular flexibility index (Phi) is 4.56. The molecule has 2 unspecified atom stereocenters. The van der Waals surface area contributed by atoms with Crippen LogP contribution in [0.1, 0.15) is 68.2 Å². The van der Waals surface area contributed by atoms with Gasteiger partial charge in [0.1, 0.15) is 0 Å². The van der Waals surface area contributed by atoms with Gasteiger partial charge in [0.25, 0.3) is 0 Å². The molecule has 1 saturated carbocycles. The summed E-state index contributed by atoms with van der Waals surface area (Å²) in [5.74, 6) is 0.262. The van der Waals surface area contributed by atoms with Crippen LogP contribution in [0.4, 0.5) is 0 Å². The van der Waals surface area contributed by atoms with Crippen molar-refractivity contribution in [2.45, 2.75) is 58.4 Å². The highest BCUT2D eigenvalue weighted by atomic mass is 16.5. The molecule has 2 rings (SSSR count). The number of carbonyl (C=O) groups is 1. The number of ether oxygens (including phenoxy) is 1. The van der Waals surface area contributed by atoms with E-state index in [2.05, 4.69) is 17.2 Å². The number of aromatic nitrogens is 3. The molecular formula is C14H23N3O2. The van der Waals surface area contributed by atoms with Gasteiger partial charge in [-0.2, -0.15) is 0 Å². The van der Waals surface area contributed by atoms with Crippen LogP contribution >= 0.6 is 0 Å². The summed E-state index contributed by atoms with van der Waals surface area (Å²) in [4.78, 5) is 11.7. The molecule has 0 amide bonds. The fraction of sp³-hybridized carbons (Fsp3) is 0.786. The zero-order valence-electron chi connectivity index (χ0n) is 12.1. The fourth-order valence-corrected chi connectivity index (χ4v) is 3.15. The van der Waals surface area contributed by atoms with E-state index in [4.69, 9.17) is 4.74 Å². The number of hydrogen-bond acceptors (Lipinski definition) is 4. The summed E-state index contributed by atoms with van der Waals surface area (Å²) in [6.45, 7) is 4.26. The molecule has 0 radical (unpaired) electrons. The normalized spacial score (nSPS) is 23.3. The van der Waals surface area contributed by atoms with Gasteiger partial charge in [-0.15, -0.1) is 5.10 Å². The van der Waals surface area contributed by atoms with Crippen LogP contribution in [-0.2, 0) is 11.2 Å². The number of esters is 1. The van der Waals surface area contributed by atoms with Gasteiger partial charge >= 0.3 is 5.97 Å². The Hall–Kier alpha value is -1.39. The summed E-state index contributed by atoms with van der Waals surface area (Å²) in [5.41, 5.74) is 1.29. The third-order valence-corrected chi connectivity index (χ3v) is 4.21. The van der Waals surface area contributed by atoms with Gasteiger partial charge in [-0.1, -0.05) is 38.3 Å². The lowest BCUT2D eigenvalue weighted by molar-refractivity contribution is 0.0592. The molecule has 1 heterocycles. The van der Waals surface area contributed by atoms with Crippen molar-refractivity contribution < 1.29 is 9.53 Å². The Morgan fingerprint density at radius 1 is 1.37 bits per heavy atom. The third-order valence-electron chi connectivity index (χ3n) is 4.21. The molecular weight excluding hydrogens is 242 g/mol. The minimum absolute atomic E-state index is 0.380. The van der Waals surface area contributed by atoms with Gasteiger partial charge in [-0.3, -0.25) is 0 Å². The predicted molar refractivity (Wildman–Crippen MR) is 72.0 cm³/mol. The van der Waals surface area contributed by atoms with Gasteiger partial charge in [-0.25, -0.2) is 9.48 Å². The Morgan fingerprint density at radius 2 is 2.11 bits per heavy atom. The molecule has 106 valence electrons. The third kappa shape index (κ3) is 2.65. The van der Waals surface area contributed by atoms with E-state index in [0.29, 0.717) is 17.7 Å². The van der Waals surface area contributed by atoms with Crippen molar-refractivity contribution >= 4 is 5.97 Å². The van der Waals surface area contributed by atoms with Crippen molar-refractivity contribution in [3.05, 3.63) is 11.4 Å². The van der Waals surface area contributed by atoms with Crippen LogP contribution in [0.2, 0.25) is 0 Å². The van der Waals surface area contributed by atoms with Gasteiger partial charge in [-0.05, 0) is 25.2 Å².